The number of hydrogen-bond donors (Lipinski definition) is 2. The van der Waals surface area contributed by atoms with Gasteiger partial charge in [0.2, 0.25) is 11.8 Å². The van der Waals surface area contributed by atoms with Crippen molar-refractivity contribution in [3.63, 3.8) is 0 Å². The van der Waals surface area contributed by atoms with Gasteiger partial charge < -0.3 is 15.4 Å². The zero-order valence-corrected chi connectivity index (χ0v) is 15.4. The summed E-state index contributed by atoms with van der Waals surface area (Å²) in [6.07, 6.45) is 4.91. The molecule has 0 fully saturated rings. The van der Waals surface area contributed by atoms with E-state index in [0.29, 0.717) is 12.2 Å². The van der Waals surface area contributed by atoms with Crippen molar-refractivity contribution in [1.82, 2.24) is 10.3 Å². The average molecular weight is 353 g/mol. The van der Waals surface area contributed by atoms with Gasteiger partial charge in [0.25, 0.3) is 0 Å². The van der Waals surface area contributed by atoms with Crippen LogP contribution < -0.4 is 15.4 Å². The Morgan fingerprint density at radius 3 is 2.50 bits per heavy atom. The van der Waals surface area contributed by atoms with Crippen molar-refractivity contribution >= 4 is 23.6 Å². The highest BCUT2D eigenvalue weighted by molar-refractivity contribution is 5.92. The number of ether oxygens (including phenoxy) is 1. The molecule has 2 amide bonds. The van der Waals surface area contributed by atoms with Crippen molar-refractivity contribution in [3.8, 4) is 5.75 Å². The number of benzene rings is 1. The Morgan fingerprint density at radius 2 is 1.88 bits per heavy atom. The Bertz CT molecular complexity index is 827. The van der Waals surface area contributed by atoms with Crippen LogP contribution in [0.4, 0.5) is 5.69 Å². The number of carbonyl (C=O) groups excluding carboxylic acids is 2. The van der Waals surface area contributed by atoms with Gasteiger partial charge >= 0.3 is 0 Å². The lowest BCUT2D eigenvalue weighted by atomic mass is 10.1. The van der Waals surface area contributed by atoms with E-state index in [0.717, 1.165) is 28.1 Å². The van der Waals surface area contributed by atoms with Crippen molar-refractivity contribution in [2.24, 2.45) is 0 Å². The fourth-order valence-electron chi connectivity index (χ4n) is 2.53. The van der Waals surface area contributed by atoms with Crippen LogP contribution in [0.5, 0.6) is 5.75 Å². The summed E-state index contributed by atoms with van der Waals surface area (Å²) in [4.78, 5) is 27.4. The second kappa shape index (κ2) is 8.80. The van der Waals surface area contributed by atoms with Gasteiger partial charge in [-0.15, -0.1) is 0 Å². The van der Waals surface area contributed by atoms with E-state index >= 15 is 0 Å². The lowest BCUT2D eigenvalue weighted by molar-refractivity contribution is -0.116. The summed E-state index contributed by atoms with van der Waals surface area (Å²) < 4.78 is 5.37. The van der Waals surface area contributed by atoms with Gasteiger partial charge in [0, 0.05) is 36.0 Å². The van der Waals surface area contributed by atoms with Crippen LogP contribution in [0.15, 0.2) is 36.5 Å². The molecule has 0 saturated carbocycles. The van der Waals surface area contributed by atoms with Gasteiger partial charge in [-0.05, 0) is 37.6 Å². The molecule has 0 bridgehead atoms. The van der Waals surface area contributed by atoms with Crippen molar-refractivity contribution in [1.29, 1.82) is 0 Å². The highest BCUT2D eigenvalue weighted by Crippen LogP contribution is 2.23. The molecule has 1 aromatic heterocycles. The topological polar surface area (TPSA) is 80.3 Å². The Labute approximate surface area is 153 Å². The molecule has 0 saturated heterocycles. The number of methoxy groups -OCH3 is 1. The summed E-state index contributed by atoms with van der Waals surface area (Å²) in [7, 11) is 1.62. The zero-order valence-electron chi connectivity index (χ0n) is 15.4. The number of amides is 2. The van der Waals surface area contributed by atoms with Crippen LogP contribution in [0.2, 0.25) is 0 Å². The average Bonchev–Trinajstić information content (AvgIpc) is 2.60. The van der Waals surface area contributed by atoms with Crippen LogP contribution in [0.25, 0.3) is 6.08 Å². The third-order valence-electron chi connectivity index (χ3n) is 3.84. The van der Waals surface area contributed by atoms with Gasteiger partial charge in [0.15, 0.2) is 0 Å². The van der Waals surface area contributed by atoms with Gasteiger partial charge in [-0.3, -0.25) is 14.6 Å². The number of hydrogen-bond acceptors (Lipinski definition) is 4. The highest BCUT2D eigenvalue weighted by atomic mass is 16.5. The molecule has 2 N–H and O–H groups in total. The highest BCUT2D eigenvalue weighted by Gasteiger charge is 2.09. The molecule has 6 heteroatoms. The summed E-state index contributed by atoms with van der Waals surface area (Å²) >= 11 is 0. The van der Waals surface area contributed by atoms with Crippen LogP contribution in [0.1, 0.15) is 29.3 Å². The molecule has 1 heterocycles. The van der Waals surface area contributed by atoms with Gasteiger partial charge in [-0.1, -0.05) is 12.1 Å². The third kappa shape index (κ3) is 5.17. The maximum atomic E-state index is 12.0. The number of pyridine rings is 1. The zero-order chi connectivity index (χ0) is 19.1. The second-order valence-corrected chi connectivity index (χ2v) is 5.90. The Hall–Kier alpha value is -3.15. The molecular formula is C20H23N3O3. The molecule has 0 atom stereocenters. The monoisotopic (exact) mass is 353 g/mol. The lowest BCUT2D eigenvalue weighted by Gasteiger charge is -2.12. The van der Waals surface area contributed by atoms with Crippen molar-refractivity contribution < 1.29 is 14.3 Å². The minimum Gasteiger partial charge on any atom is -0.496 e. The molecule has 136 valence electrons. The van der Waals surface area contributed by atoms with Crippen LogP contribution >= 0.6 is 0 Å². The normalized spacial score (nSPS) is 10.6. The van der Waals surface area contributed by atoms with E-state index in [2.05, 4.69) is 15.6 Å². The molecule has 0 unspecified atom stereocenters. The molecule has 26 heavy (non-hydrogen) atoms. The van der Waals surface area contributed by atoms with Crippen molar-refractivity contribution in [2.75, 3.05) is 12.4 Å². The Morgan fingerprint density at radius 1 is 1.19 bits per heavy atom. The van der Waals surface area contributed by atoms with Gasteiger partial charge in [-0.2, -0.15) is 0 Å². The quantitative estimate of drug-likeness (QED) is 0.783. The second-order valence-electron chi connectivity index (χ2n) is 5.90. The van der Waals surface area contributed by atoms with Gasteiger partial charge in [0.1, 0.15) is 5.75 Å². The van der Waals surface area contributed by atoms with E-state index in [1.165, 1.54) is 13.0 Å². The van der Waals surface area contributed by atoms with E-state index in [4.69, 9.17) is 4.74 Å². The number of rotatable bonds is 6. The fraction of sp³-hybridized carbons (Fsp3) is 0.250. The molecule has 6 nitrogen and oxygen atoms in total. The maximum Gasteiger partial charge on any atom is 0.244 e. The van der Waals surface area contributed by atoms with E-state index in [1.807, 2.05) is 26.0 Å². The first-order valence-corrected chi connectivity index (χ1v) is 8.23. The summed E-state index contributed by atoms with van der Waals surface area (Å²) in [5.74, 6) is 0.458. The standard InChI is InChI=1S/C20H23N3O3/c1-13-11-21-18(14(2)20(13)26-4)12-22-19(25)10-7-16-5-8-17(9-6-16)23-15(3)24/h5-11H,12H2,1-4H3,(H,22,25)(H,23,24)/b10-7+. The van der Waals surface area contributed by atoms with E-state index in [9.17, 15) is 9.59 Å². The summed E-state index contributed by atoms with van der Waals surface area (Å²) in [5, 5.41) is 5.51. The molecule has 0 aliphatic rings. The number of carbonyl (C=O) groups is 2. The van der Waals surface area contributed by atoms with E-state index in [1.54, 1.807) is 31.5 Å². The predicted molar refractivity (Wildman–Crippen MR) is 102 cm³/mol. The maximum absolute atomic E-state index is 12.0. The van der Waals surface area contributed by atoms with Crippen LogP contribution in [0.3, 0.4) is 0 Å². The minimum absolute atomic E-state index is 0.121. The number of nitrogens with one attached hydrogen (secondary N) is 2. The number of anilines is 1. The number of aryl methyl sites for hydroxylation is 1. The Kier molecular flexibility index (Phi) is 6.49. The minimum atomic E-state index is -0.211. The van der Waals surface area contributed by atoms with Gasteiger partial charge in [0.05, 0.1) is 19.3 Å². The molecule has 2 rings (SSSR count). The largest absolute Gasteiger partial charge is 0.496 e. The summed E-state index contributed by atoms with van der Waals surface area (Å²) in [6.45, 7) is 5.64. The fourth-order valence-corrected chi connectivity index (χ4v) is 2.53. The molecule has 0 spiro atoms. The van der Waals surface area contributed by atoms with Crippen LogP contribution in [-0.2, 0) is 16.1 Å². The molecule has 0 aliphatic heterocycles. The van der Waals surface area contributed by atoms with Gasteiger partial charge in [-0.25, -0.2) is 0 Å². The molecule has 2 aromatic rings. The Balaban J connectivity index is 1.94. The number of nitrogens with zero attached hydrogens (tertiary/aromatic N) is 1. The number of aromatic nitrogens is 1. The summed E-state index contributed by atoms with van der Waals surface area (Å²) in [5.41, 5.74) is 4.23. The molecule has 0 aliphatic carbocycles. The summed E-state index contributed by atoms with van der Waals surface area (Å²) in [6, 6.07) is 7.22. The first-order valence-electron chi connectivity index (χ1n) is 8.23. The first kappa shape index (κ1) is 19.2. The van der Waals surface area contributed by atoms with E-state index in [-0.39, 0.29) is 11.8 Å². The lowest BCUT2D eigenvalue weighted by Crippen LogP contribution is -2.21. The third-order valence-corrected chi connectivity index (χ3v) is 3.84. The van der Waals surface area contributed by atoms with Crippen molar-refractivity contribution in [2.45, 2.75) is 27.3 Å². The smallest absolute Gasteiger partial charge is 0.244 e. The molecule has 0 radical (unpaired) electrons. The van der Waals surface area contributed by atoms with E-state index < -0.39 is 0 Å². The van der Waals surface area contributed by atoms with Crippen LogP contribution in [-0.4, -0.2) is 23.9 Å². The molecular weight excluding hydrogens is 330 g/mol. The molecule has 1 aromatic carbocycles. The van der Waals surface area contributed by atoms with Crippen molar-refractivity contribution in [3.05, 3.63) is 58.9 Å². The SMILES string of the molecule is COc1c(C)cnc(CNC(=O)/C=C/c2ccc(NC(C)=O)cc2)c1C. The predicted octanol–water partition coefficient (Wildman–Crippen LogP) is 3.00. The van der Waals surface area contributed by atoms with Crippen LogP contribution in [0, 0.1) is 13.8 Å². The first-order chi connectivity index (χ1) is 12.4.